The molecule has 1 amide bonds. The summed E-state index contributed by atoms with van der Waals surface area (Å²) in [5, 5.41) is 45.1. The van der Waals surface area contributed by atoms with Crippen molar-refractivity contribution in [2.75, 3.05) is 26.4 Å². The number of ether oxygens (including phenoxy) is 2. The minimum Gasteiger partial charge on any atom is -0.456 e. The Bertz CT molecular complexity index is 1220. The van der Waals surface area contributed by atoms with Gasteiger partial charge in [0.15, 0.2) is 23.7 Å². The van der Waals surface area contributed by atoms with Crippen molar-refractivity contribution in [3.63, 3.8) is 0 Å². The fourth-order valence-corrected chi connectivity index (χ4v) is 7.50. The van der Waals surface area contributed by atoms with Gasteiger partial charge in [0.1, 0.15) is 6.54 Å². The number of aliphatic hydroxyl groups excluding tert-OH is 2. The summed E-state index contributed by atoms with van der Waals surface area (Å²) in [6.45, 7) is 0.946. The second kappa shape index (κ2) is 11.3. The molecule has 0 aromatic heterocycles. The van der Waals surface area contributed by atoms with Crippen molar-refractivity contribution in [2.24, 2.45) is 22.7 Å². The van der Waals surface area contributed by atoms with Crippen LogP contribution >= 0.6 is 0 Å². The highest BCUT2D eigenvalue weighted by Gasteiger charge is 2.76. The summed E-state index contributed by atoms with van der Waals surface area (Å²) in [5.41, 5.74) is -6.89. The van der Waals surface area contributed by atoms with Gasteiger partial charge in [0.25, 0.3) is 5.09 Å². The number of amides is 1. The van der Waals surface area contributed by atoms with Crippen LogP contribution in [0.2, 0.25) is 0 Å². The summed E-state index contributed by atoms with van der Waals surface area (Å²) < 4.78 is 26.8. The fraction of sp³-hybridized carbons (Fsp3) is 0.704. The maximum Gasteiger partial charge on any atom is 0.407 e. The van der Waals surface area contributed by atoms with Gasteiger partial charge in [0.2, 0.25) is 5.78 Å². The van der Waals surface area contributed by atoms with Crippen LogP contribution in [0.4, 0.5) is 9.18 Å². The molecule has 0 heterocycles. The molecule has 15 heteroatoms. The van der Waals surface area contributed by atoms with Crippen molar-refractivity contribution >= 4 is 23.6 Å². The van der Waals surface area contributed by atoms with Gasteiger partial charge < -0.3 is 34.9 Å². The van der Waals surface area contributed by atoms with E-state index in [9.17, 15) is 44.6 Å². The highest BCUT2D eigenvalue weighted by molar-refractivity contribution is 5.94. The molecule has 8 atom stereocenters. The lowest BCUT2D eigenvalue weighted by atomic mass is 9.45. The molecule has 4 aliphatic carbocycles. The monoisotopic (exact) mass is 598 g/mol. The van der Waals surface area contributed by atoms with E-state index in [4.69, 9.17) is 9.47 Å². The molecule has 0 aromatic rings. The summed E-state index contributed by atoms with van der Waals surface area (Å²) in [7, 11) is 0. The zero-order valence-electron chi connectivity index (χ0n) is 23.2. The van der Waals surface area contributed by atoms with Gasteiger partial charge in [0.05, 0.1) is 25.4 Å². The van der Waals surface area contributed by atoms with Crippen molar-refractivity contribution in [1.29, 1.82) is 0 Å². The Balaban J connectivity index is 1.39. The van der Waals surface area contributed by atoms with Crippen molar-refractivity contribution in [2.45, 2.75) is 69.4 Å². The number of hydrogen-bond donors (Lipinski definition) is 4. The van der Waals surface area contributed by atoms with Crippen LogP contribution in [-0.4, -0.2) is 93.9 Å². The Morgan fingerprint density at radius 3 is 2.57 bits per heavy atom. The number of halogens is 1. The first-order chi connectivity index (χ1) is 19.6. The number of carbonyl (C=O) groups is 4. The molecule has 0 aliphatic heterocycles. The van der Waals surface area contributed by atoms with Gasteiger partial charge in [-0.2, -0.15) is 0 Å². The van der Waals surface area contributed by atoms with Crippen LogP contribution in [0.3, 0.4) is 0 Å². The van der Waals surface area contributed by atoms with Crippen molar-refractivity contribution in [3.8, 4) is 0 Å². The van der Waals surface area contributed by atoms with E-state index in [0.29, 0.717) is 5.57 Å². The van der Waals surface area contributed by atoms with Gasteiger partial charge in [0, 0.05) is 29.6 Å². The van der Waals surface area contributed by atoms with E-state index in [1.54, 1.807) is 13.0 Å². The van der Waals surface area contributed by atoms with E-state index >= 15 is 4.39 Å². The smallest absolute Gasteiger partial charge is 0.407 e. The number of ketones is 2. The van der Waals surface area contributed by atoms with Gasteiger partial charge in [-0.25, -0.2) is 9.18 Å². The summed E-state index contributed by atoms with van der Waals surface area (Å²) in [5.74, 6) is -3.90. The molecule has 0 spiro atoms. The third kappa shape index (κ3) is 4.96. The van der Waals surface area contributed by atoms with E-state index in [2.05, 4.69) is 10.2 Å². The normalized spacial score (nSPS) is 38.3. The molecule has 2 saturated carbocycles. The highest BCUT2D eigenvalue weighted by atomic mass is 19.1. The number of esters is 1. The standard InChI is InChI=1S/C27H35FN2O12/c1-24-7-6-16(31)10-15(24)4-5-17-18-11-19(32)27(37,25(18,2)12-20(33)26(17,24)28)21(34)14-41-22(35)13-29-23(36)40-8-3-9-42-30(38)39/h4,6-7,17-20,32-33,37H,3,5,8-14H2,1-2H3,(H,29,36)/t17-,18-,19+,20-,24-,25-,26-,27-/m0/s1. The number of rotatable bonds is 10. The van der Waals surface area contributed by atoms with Gasteiger partial charge in [-0.3, -0.25) is 14.4 Å². The average molecular weight is 599 g/mol. The minimum atomic E-state index is -2.47. The molecule has 0 saturated heterocycles. The SMILES string of the molecule is C[C@]12C=CC(=O)CC1=CC[C@H]1[C@@H]3C[C@@H](O)[C@](O)(C(=O)COC(=O)CNC(=O)OCCCO[N+](=O)[O-])[C@@]3(C)C[C@H](O)[C@@]12F. The summed E-state index contributed by atoms with van der Waals surface area (Å²) in [4.78, 5) is 63.2. The number of nitrogens with one attached hydrogen (secondary N) is 1. The number of allylic oxidation sites excluding steroid dienone is 4. The predicted molar refractivity (Wildman–Crippen MR) is 138 cm³/mol. The zero-order valence-corrected chi connectivity index (χ0v) is 23.2. The number of Topliss-reactive ketones (excluding diaryl/α,β-unsaturated/α-hetero) is 1. The number of nitrogens with zero attached hydrogens (tertiary/aromatic N) is 1. The van der Waals surface area contributed by atoms with Crippen LogP contribution in [0.5, 0.6) is 0 Å². The molecule has 4 aliphatic rings. The number of aliphatic hydroxyl groups is 3. The maximum atomic E-state index is 17.1. The van der Waals surface area contributed by atoms with E-state index in [-0.39, 0.29) is 51.1 Å². The Kier molecular flexibility index (Phi) is 8.50. The molecule has 42 heavy (non-hydrogen) atoms. The molecule has 4 N–H and O–H groups in total. The molecule has 0 aromatic carbocycles. The fourth-order valence-electron chi connectivity index (χ4n) is 7.50. The number of alkyl carbamates (subject to hydrolysis) is 1. The second-order valence-electron chi connectivity index (χ2n) is 11.8. The third-order valence-electron chi connectivity index (χ3n) is 9.71. The lowest BCUT2D eigenvalue weighted by Gasteiger charge is -2.61. The molecule has 14 nitrogen and oxygen atoms in total. The Hall–Kier alpha value is -3.43. The second-order valence-corrected chi connectivity index (χ2v) is 11.8. The maximum absolute atomic E-state index is 17.1. The average Bonchev–Trinajstić information content (AvgIpc) is 3.12. The van der Waals surface area contributed by atoms with Gasteiger partial charge >= 0.3 is 12.1 Å². The van der Waals surface area contributed by atoms with Crippen LogP contribution in [0.15, 0.2) is 23.8 Å². The third-order valence-corrected chi connectivity index (χ3v) is 9.71. The molecule has 232 valence electrons. The Morgan fingerprint density at radius 1 is 1.17 bits per heavy atom. The first-order valence-electron chi connectivity index (χ1n) is 13.7. The molecule has 2 fully saturated rings. The van der Waals surface area contributed by atoms with Crippen LogP contribution in [0.1, 0.15) is 46.0 Å². The van der Waals surface area contributed by atoms with Crippen LogP contribution < -0.4 is 5.32 Å². The lowest BCUT2D eigenvalue weighted by molar-refractivity contribution is -0.757. The lowest BCUT2D eigenvalue weighted by Crippen LogP contribution is -2.69. The van der Waals surface area contributed by atoms with Crippen LogP contribution in [0, 0.1) is 32.8 Å². The number of alkyl halides is 1. The quantitative estimate of drug-likeness (QED) is 0.0890. The van der Waals surface area contributed by atoms with E-state index in [1.807, 2.05) is 0 Å². The first-order valence-corrected chi connectivity index (χ1v) is 13.7. The largest absolute Gasteiger partial charge is 0.456 e. The highest BCUT2D eigenvalue weighted by Crippen LogP contribution is 2.69. The summed E-state index contributed by atoms with van der Waals surface area (Å²) in [6.07, 6.45) is -0.0818. The Labute approximate surface area is 240 Å². The van der Waals surface area contributed by atoms with E-state index in [0.717, 1.165) is 0 Å². The molecular weight excluding hydrogens is 563 g/mol. The number of hydrogen-bond acceptors (Lipinski definition) is 12. The topological polar surface area (TPSA) is 212 Å². The predicted octanol–water partition coefficient (Wildman–Crippen LogP) is 0.496. The molecule has 0 bridgehead atoms. The van der Waals surface area contributed by atoms with Gasteiger partial charge in [-0.15, -0.1) is 10.1 Å². The van der Waals surface area contributed by atoms with E-state index < -0.39 is 82.2 Å². The van der Waals surface area contributed by atoms with Crippen molar-refractivity contribution in [1.82, 2.24) is 5.32 Å². The Morgan fingerprint density at radius 2 is 1.88 bits per heavy atom. The van der Waals surface area contributed by atoms with E-state index in [1.165, 1.54) is 19.1 Å². The summed E-state index contributed by atoms with van der Waals surface area (Å²) >= 11 is 0. The first kappa shape index (κ1) is 31.5. The van der Waals surface area contributed by atoms with Gasteiger partial charge in [-0.05, 0) is 38.2 Å². The number of carbonyl (C=O) groups excluding carboxylic acids is 4. The minimum absolute atomic E-state index is 0.0279. The van der Waals surface area contributed by atoms with Gasteiger partial charge in [-0.1, -0.05) is 24.6 Å². The zero-order chi connectivity index (χ0) is 31.1. The van der Waals surface area contributed by atoms with Crippen LogP contribution in [-0.2, 0) is 28.7 Å². The molecular formula is C27H35FN2O12. The summed E-state index contributed by atoms with van der Waals surface area (Å²) in [6, 6.07) is 0. The molecule has 0 unspecified atom stereocenters. The van der Waals surface area contributed by atoms with Crippen LogP contribution in [0.25, 0.3) is 0 Å². The number of fused-ring (bicyclic) bond motifs is 5. The molecule has 0 radical (unpaired) electrons. The molecule has 4 rings (SSSR count). The van der Waals surface area contributed by atoms with Crippen molar-refractivity contribution in [3.05, 3.63) is 33.9 Å². The van der Waals surface area contributed by atoms with Crippen molar-refractivity contribution < 1.29 is 58.3 Å².